The van der Waals surface area contributed by atoms with Crippen molar-refractivity contribution in [2.75, 3.05) is 6.61 Å². The van der Waals surface area contributed by atoms with Gasteiger partial charge in [0.2, 0.25) is 0 Å². The van der Waals surface area contributed by atoms with Crippen molar-refractivity contribution < 1.29 is 9.84 Å². The van der Waals surface area contributed by atoms with Crippen LogP contribution in [0.1, 0.15) is 91.4 Å². The molecule has 1 N–H and O–H groups in total. The highest BCUT2D eigenvalue weighted by Gasteiger charge is 2.71. The van der Waals surface area contributed by atoms with Gasteiger partial charge in [-0.2, -0.15) is 0 Å². The molecule has 1 aliphatic heterocycles. The third-order valence-corrected chi connectivity index (χ3v) is 10.5. The van der Waals surface area contributed by atoms with Gasteiger partial charge in [-0.15, -0.1) is 0 Å². The highest BCUT2D eigenvalue weighted by atomic mass is 16.5. The van der Waals surface area contributed by atoms with Crippen LogP contribution in [-0.2, 0) is 4.74 Å². The van der Waals surface area contributed by atoms with Crippen LogP contribution in [0.15, 0.2) is 23.8 Å². The lowest BCUT2D eigenvalue weighted by Gasteiger charge is -2.60. The molecule has 4 aliphatic carbocycles. The Balaban J connectivity index is 1.38. The molecule has 0 aromatic rings. The molecular formula is C27H42O2. The Bertz CT molecular complexity index is 707. The highest BCUT2D eigenvalue weighted by molar-refractivity contribution is 5.29. The average Bonchev–Trinajstić information content (AvgIpc) is 3.14. The van der Waals surface area contributed by atoms with Gasteiger partial charge in [0.1, 0.15) is 0 Å². The van der Waals surface area contributed by atoms with Gasteiger partial charge in [-0.1, -0.05) is 44.6 Å². The number of ether oxygens (including phenoxy) is 1. The Kier molecular flexibility index (Phi) is 4.87. The quantitative estimate of drug-likeness (QED) is 0.552. The second-order valence-electron chi connectivity index (χ2n) is 11.8. The van der Waals surface area contributed by atoms with Crippen LogP contribution < -0.4 is 0 Å². The summed E-state index contributed by atoms with van der Waals surface area (Å²) in [4.78, 5) is 0. The maximum absolute atomic E-state index is 10.3. The van der Waals surface area contributed by atoms with E-state index in [1.54, 1.807) is 5.57 Å². The fourth-order valence-electron chi connectivity index (χ4n) is 8.77. The van der Waals surface area contributed by atoms with Crippen molar-refractivity contribution in [3.8, 4) is 0 Å². The third kappa shape index (κ3) is 2.80. The Morgan fingerprint density at radius 3 is 2.79 bits per heavy atom. The summed E-state index contributed by atoms with van der Waals surface area (Å²) in [6.45, 7) is 12.4. The summed E-state index contributed by atoms with van der Waals surface area (Å²) in [6, 6.07) is 0. The van der Waals surface area contributed by atoms with E-state index in [9.17, 15) is 5.11 Å². The lowest BCUT2D eigenvalue weighted by atomic mass is 9.44. The standard InChI is InChI=1S/C27H42O2/c1-18(2)19(3)6-5-7-20-8-9-23-25(20,4)13-12-24-26-14-11-22(28)16-21(26)10-15-27(23,24)29-17-26/h7,18,21-24,28H,3,5-6,8-17H2,1-2,4H3. The molecule has 5 rings (SSSR count). The zero-order chi connectivity index (χ0) is 20.4. The molecule has 7 atom stereocenters. The first-order valence-electron chi connectivity index (χ1n) is 12.5. The fraction of sp³-hybridized carbons (Fsp3) is 0.852. The van der Waals surface area contributed by atoms with Crippen molar-refractivity contribution in [3.05, 3.63) is 23.8 Å². The first-order chi connectivity index (χ1) is 13.8. The molecule has 2 heteroatoms. The summed E-state index contributed by atoms with van der Waals surface area (Å²) in [5, 5.41) is 10.3. The SMILES string of the molecule is C=C(CCC=C1CCC2C1(C)CCC1C34CCC(O)CC3CCC21OC4)C(C)C. The van der Waals surface area contributed by atoms with Gasteiger partial charge in [0.25, 0.3) is 0 Å². The van der Waals surface area contributed by atoms with Gasteiger partial charge in [0, 0.05) is 5.41 Å². The smallest absolute Gasteiger partial charge is 0.0753 e. The summed E-state index contributed by atoms with van der Waals surface area (Å²) < 4.78 is 6.94. The van der Waals surface area contributed by atoms with Gasteiger partial charge in [0.05, 0.1) is 18.3 Å². The predicted molar refractivity (Wildman–Crippen MR) is 119 cm³/mol. The number of allylic oxidation sites excluding steroid dienone is 3. The van der Waals surface area contributed by atoms with E-state index >= 15 is 0 Å². The van der Waals surface area contributed by atoms with Crippen molar-refractivity contribution in [1.82, 2.24) is 0 Å². The maximum atomic E-state index is 10.3. The zero-order valence-electron chi connectivity index (χ0n) is 19.0. The minimum absolute atomic E-state index is 0.0609. The first-order valence-corrected chi connectivity index (χ1v) is 12.5. The van der Waals surface area contributed by atoms with E-state index in [0.29, 0.717) is 28.6 Å². The number of hydrogen-bond donors (Lipinski definition) is 1. The molecule has 2 nitrogen and oxygen atoms in total. The summed E-state index contributed by atoms with van der Waals surface area (Å²) in [7, 11) is 0. The largest absolute Gasteiger partial charge is 0.393 e. The average molecular weight is 399 g/mol. The minimum atomic E-state index is -0.0609. The van der Waals surface area contributed by atoms with Crippen LogP contribution in [0.3, 0.4) is 0 Å². The van der Waals surface area contributed by atoms with Crippen molar-refractivity contribution in [1.29, 1.82) is 0 Å². The Labute approximate surface area is 178 Å². The van der Waals surface area contributed by atoms with Crippen LogP contribution in [0, 0.1) is 34.5 Å². The van der Waals surface area contributed by atoms with E-state index in [4.69, 9.17) is 4.74 Å². The lowest BCUT2D eigenvalue weighted by Crippen LogP contribution is -2.59. The second kappa shape index (κ2) is 6.95. The number of aliphatic hydroxyl groups excluding tert-OH is 1. The minimum Gasteiger partial charge on any atom is -0.393 e. The van der Waals surface area contributed by atoms with Crippen LogP contribution in [0.2, 0.25) is 0 Å². The normalized spacial score (nSPS) is 49.8. The van der Waals surface area contributed by atoms with Crippen molar-refractivity contribution >= 4 is 0 Å². The van der Waals surface area contributed by atoms with Gasteiger partial charge in [-0.25, -0.2) is 0 Å². The van der Waals surface area contributed by atoms with Crippen LogP contribution >= 0.6 is 0 Å². The molecule has 1 saturated heterocycles. The van der Waals surface area contributed by atoms with Crippen molar-refractivity contribution in [2.24, 2.45) is 34.5 Å². The fourth-order valence-corrected chi connectivity index (χ4v) is 8.77. The molecule has 162 valence electrons. The number of hydrogen-bond acceptors (Lipinski definition) is 2. The van der Waals surface area contributed by atoms with Crippen LogP contribution in [0.5, 0.6) is 0 Å². The second-order valence-corrected chi connectivity index (χ2v) is 11.8. The topological polar surface area (TPSA) is 29.5 Å². The monoisotopic (exact) mass is 398 g/mol. The molecule has 2 bridgehead atoms. The number of fused-ring (bicyclic) bond motifs is 1. The van der Waals surface area contributed by atoms with E-state index < -0.39 is 0 Å². The molecule has 5 aliphatic rings. The van der Waals surface area contributed by atoms with E-state index in [1.807, 2.05) is 0 Å². The van der Waals surface area contributed by atoms with E-state index in [-0.39, 0.29) is 11.7 Å². The summed E-state index contributed by atoms with van der Waals surface area (Å²) in [6.07, 6.45) is 15.9. The molecular weight excluding hydrogens is 356 g/mol. The van der Waals surface area contributed by atoms with Crippen molar-refractivity contribution in [2.45, 2.75) is 103 Å². The number of aliphatic hydroxyl groups is 1. The zero-order valence-corrected chi connectivity index (χ0v) is 19.0. The van der Waals surface area contributed by atoms with E-state index in [0.717, 1.165) is 38.2 Å². The highest BCUT2D eigenvalue weighted by Crippen LogP contribution is 2.73. The maximum Gasteiger partial charge on any atom is 0.0753 e. The first kappa shape index (κ1) is 20.3. The molecule has 0 amide bonds. The summed E-state index contributed by atoms with van der Waals surface area (Å²) in [5.74, 6) is 2.76. The number of rotatable bonds is 4. The third-order valence-electron chi connectivity index (χ3n) is 10.5. The Hall–Kier alpha value is -0.600. The van der Waals surface area contributed by atoms with Gasteiger partial charge in [-0.3, -0.25) is 0 Å². The summed E-state index contributed by atoms with van der Waals surface area (Å²) in [5.41, 5.74) is 4.01. The lowest BCUT2D eigenvalue weighted by molar-refractivity contribution is -0.151. The van der Waals surface area contributed by atoms with Crippen LogP contribution in [0.25, 0.3) is 0 Å². The van der Waals surface area contributed by atoms with Crippen LogP contribution in [-0.4, -0.2) is 23.4 Å². The van der Waals surface area contributed by atoms with Crippen LogP contribution in [0.4, 0.5) is 0 Å². The van der Waals surface area contributed by atoms with E-state index in [1.165, 1.54) is 50.5 Å². The van der Waals surface area contributed by atoms with Gasteiger partial charge < -0.3 is 9.84 Å². The van der Waals surface area contributed by atoms with Gasteiger partial charge >= 0.3 is 0 Å². The van der Waals surface area contributed by atoms with E-state index in [2.05, 4.69) is 33.4 Å². The molecule has 5 fully saturated rings. The molecule has 0 aromatic heterocycles. The summed E-state index contributed by atoms with van der Waals surface area (Å²) >= 11 is 0. The molecule has 1 spiro atoms. The van der Waals surface area contributed by atoms with Gasteiger partial charge in [-0.05, 0) is 99.7 Å². The van der Waals surface area contributed by atoms with Crippen molar-refractivity contribution in [3.63, 3.8) is 0 Å². The molecule has 0 aromatic carbocycles. The molecule has 7 unspecified atom stereocenters. The van der Waals surface area contributed by atoms with Gasteiger partial charge in [0.15, 0.2) is 0 Å². The predicted octanol–water partition coefficient (Wildman–Crippen LogP) is 6.44. The molecule has 0 radical (unpaired) electrons. The Morgan fingerprint density at radius 2 is 2.00 bits per heavy atom. The molecule has 29 heavy (non-hydrogen) atoms. The molecule has 1 heterocycles. The Morgan fingerprint density at radius 1 is 1.17 bits per heavy atom. The molecule has 4 saturated carbocycles.